The number of aromatic nitrogens is 2. The van der Waals surface area contributed by atoms with Crippen molar-refractivity contribution in [3.05, 3.63) is 71.0 Å². The highest BCUT2D eigenvalue weighted by Gasteiger charge is 2.31. The molecule has 0 bridgehead atoms. The summed E-state index contributed by atoms with van der Waals surface area (Å²) >= 11 is 5.98. The van der Waals surface area contributed by atoms with E-state index in [1.54, 1.807) is 18.2 Å². The van der Waals surface area contributed by atoms with Crippen molar-refractivity contribution in [1.82, 2.24) is 14.9 Å². The molecule has 6 nitrogen and oxygen atoms in total. The minimum absolute atomic E-state index is 0.336. The zero-order valence-corrected chi connectivity index (χ0v) is 14.3. The van der Waals surface area contributed by atoms with E-state index in [-0.39, 0.29) is 0 Å². The van der Waals surface area contributed by atoms with Crippen LogP contribution in [0, 0.1) is 6.92 Å². The first-order chi connectivity index (χ1) is 12.0. The number of benzene rings is 2. The Hall–Kier alpha value is -2.83. The summed E-state index contributed by atoms with van der Waals surface area (Å²) in [6.45, 7) is 1.94. The number of aliphatic imine (C=N–C) groups is 1. The molecule has 0 spiro atoms. The van der Waals surface area contributed by atoms with Gasteiger partial charge in [-0.2, -0.15) is 0 Å². The van der Waals surface area contributed by atoms with Gasteiger partial charge in [0, 0.05) is 16.7 Å². The Labute approximate surface area is 149 Å². The van der Waals surface area contributed by atoms with Crippen molar-refractivity contribution in [3.8, 4) is 0 Å². The van der Waals surface area contributed by atoms with Gasteiger partial charge in [-0.05, 0) is 31.2 Å². The summed E-state index contributed by atoms with van der Waals surface area (Å²) in [5, 5.41) is 3.91. The molecule has 7 heteroatoms. The Morgan fingerprint density at radius 1 is 1.12 bits per heavy atom. The molecule has 1 unspecified atom stereocenters. The van der Waals surface area contributed by atoms with Gasteiger partial charge >= 0.3 is 0 Å². The van der Waals surface area contributed by atoms with E-state index in [9.17, 15) is 0 Å². The molecule has 1 atom stereocenters. The summed E-state index contributed by atoms with van der Waals surface area (Å²) in [5.74, 6) is 0.698. The van der Waals surface area contributed by atoms with Gasteiger partial charge in [0.15, 0.2) is 0 Å². The Morgan fingerprint density at radius 3 is 2.60 bits per heavy atom. The zero-order valence-electron chi connectivity index (χ0n) is 13.6. The summed E-state index contributed by atoms with van der Waals surface area (Å²) < 4.78 is 1.98. The monoisotopic (exact) mass is 352 g/mol. The number of halogens is 1. The minimum atomic E-state index is -1.18. The van der Waals surface area contributed by atoms with Crippen molar-refractivity contribution < 1.29 is 0 Å². The average Bonchev–Trinajstić information content (AvgIpc) is 2.90. The van der Waals surface area contributed by atoms with Crippen molar-refractivity contribution in [2.45, 2.75) is 12.7 Å². The molecule has 0 radical (unpaired) electrons. The van der Waals surface area contributed by atoms with Crippen LogP contribution in [0.1, 0.15) is 11.4 Å². The SMILES string of the molecule is Cc1nc2ccccc2n1C1=CC(N)=NC(N)(c2ccc(Cl)cc2)N1. The quantitative estimate of drug-likeness (QED) is 0.660. The van der Waals surface area contributed by atoms with Crippen LogP contribution in [0.4, 0.5) is 0 Å². The number of nitrogens with one attached hydrogen (secondary N) is 1. The first-order valence-corrected chi connectivity index (χ1v) is 8.19. The Morgan fingerprint density at radius 2 is 1.84 bits per heavy atom. The molecule has 25 heavy (non-hydrogen) atoms. The van der Waals surface area contributed by atoms with E-state index < -0.39 is 5.79 Å². The summed E-state index contributed by atoms with van der Waals surface area (Å²) in [6.07, 6.45) is 1.75. The molecule has 0 amide bonds. The lowest BCUT2D eigenvalue weighted by atomic mass is 10.1. The maximum atomic E-state index is 6.52. The number of fused-ring (bicyclic) bond motifs is 1. The Kier molecular flexibility index (Phi) is 3.52. The number of hydrogen-bond acceptors (Lipinski definition) is 5. The summed E-state index contributed by atoms with van der Waals surface area (Å²) in [7, 11) is 0. The van der Waals surface area contributed by atoms with Crippen molar-refractivity contribution in [2.75, 3.05) is 0 Å². The summed E-state index contributed by atoms with van der Waals surface area (Å²) in [4.78, 5) is 8.98. The maximum Gasteiger partial charge on any atom is 0.212 e. The van der Waals surface area contributed by atoms with Crippen LogP contribution in [-0.4, -0.2) is 15.4 Å². The molecular formula is C18H17ClN6. The van der Waals surface area contributed by atoms with Crippen LogP contribution in [0.15, 0.2) is 59.6 Å². The van der Waals surface area contributed by atoms with E-state index in [1.807, 2.05) is 47.9 Å². The second kappa shape index (κ2) is 5.61. The van der Waals surface area contributed by atoms with Gasteiger partial charge in [0.05, 0.1) is 11.0 Å². The molecule has 126 valence electrons. The van der Waals surface area contributed by atoms with Crippen molar-refractivity contribution in [2.24, 2.45) is 16.5 Å². The summed E-state index contributed by atoms with van der Waals surface area (Å²) in [5.41, 5.74) is 15.2. The van der Waals surface area contributed by atoms with E-state index in [2.05, 4.69) is 15.3 Å². The second-order valence-electron chi connectivity index (χ2n) is 5.95. The van der Waals surface area contributed by atoms with E-state index in [0.29, 0.717) is 10.9 Å². The smallest absolute Gasteiger partial charge is 0.212 e. The van der Waals surface area contributed by atoms with Crippen LogP contribution in [0.3, 0.4) is 0 Å². The van der Waals surface area contributed by atoms with Crippen LogP contribution >= 0.6 is 11.6 Å². The fourth-order valence-corrected chi connectivity index (χ4v) is 3.17. The Bertz CT molecular complexity index is 1020. The highest BCUT2D eigenvalue weighted by atomic mass is 35.5. The molecule has 4 rings (SSSR count). The third kappa shape index (κ3) is 2.65. The van der Waals surface area contributed by atoms with Gasteiger partial charge in [-0.15, -0.1) is 0 Å². The standard InChI is InChI=1S/C18H17ClN6/c1-11-22-14-4-2-3-5-15(14)25(11)17-10-16(20)23-18(21,24-17)12-6-8-13(19)9-7-12/h2-10,24H,21H2,1H3,(H2,20,23). The van der Waals surface area contributed by atoms with E-state index in [4.69, 9.17) is 23.1 Å². The largest absolute Gasteiger partial charge is 0.384 e. The first-order valence-electron chi connectivity index (χ1n) is 7.81. The normalized spacial score (nSPS) is 20.1. The molecule has 0 saturated carbocycles. The molecule has 1 aliphatic rings. The third-order valence-electron chi connectivity index (χ3n) is 4.16. The van der Waals surface area contributed by atoms with Gasteiger partial charge in [-0.1, -0.05) is 35.9 Å². The summed E-state index contributed by atoms with van der Waals surface area (Å²) in [6, 6.07) is 15.1. The first kappa shape index (κ1) is 15.7. The van der Waals surface area contributed by atoms with Gasteiger partial charge in [-0.25, -0.2) is 9.98 Å². The average molecular weight is 353 g/mol. The number of imidazole rings is 1. The molecule has 1 aromatic heterocycles. The number of nitrogens with zero attached hydrogens (tertiary/aromatic N) is 3. The molecule has 1 aliphatic heterocycles. The number of rotatable bonds is 2. The van der Waals surface area contributed by atoms with E-state index >= 15 is 0 Å². The molecule has 2 aromatic carbocycles. The number of amidine groups is 1. The van der Waals surface area contributed by atoms with Gasteiger partial charge in [0.25, 0.3) is 0 Å². The maximum absolute atomic E-state index is 6.52. The third-order valence-corrected chi connectivity index (χ3v) is 4.41. The predicted molar refractivity (Wildman–Crippen MR) is 101 cm³/mol. The Balaban J connectivity index is 1.83. The van der Waals surface area contributed by atoms with Crippen LogP contribution in [0.5, 0.6) is 0 Å². The van der Waals surface area contributed by atoms with E-state index in [0.717, 1.165) is 28.2 Å². The lowest BCUT2D eigenvalue weighted by Gasteiger charge is -2.33. The topological polar surface area (TPSA) is 94.2 Å². The molecule has 3 aromatic rings. The molecule has 0 fully saturated rings. The van der Waals surface area contributed by atoms with Crippen molar-refractivity contribution in [3.63, 3.8) is 0 Å². The molecule has 2 heterocycles. The predicted octanol–water partition coefficient (Wildman–Crippen LogP) is 2.53. The zero-order chi connectivity index (χ0) is 17.6. The molecule has 5 N–H and O–H groups in total. The van der Waals surface area contributed by atoms with Crippen LogP contribution in [0.2, 0.25) is 5.02 Å². The molecular weight excluding hydrogens is 336 g/mol. The van der Waals surface area contributed by atoms with Gasteiger partial charge in [0.2, 0.25) is 5.79 Å². The number of aryl methyl sites for hydroxylation is 1. The van der Waals surface area contributed by atoms with Crippen LogP contribution in [0.25, 0.3) is 16.9 Å². The highest BCUT2D eigenvalue weighted by molar-refractivity contribution is 6.30. The van der Waals surface area contributed by atoms with Crippen molar-refractivity contribution in [1.29, 1.82) is 0 Å². The molecule has 0 saturated heterocycles. The van der Waals surface area contributed by atoms with E-state index in [1.165, 1.54) is 0 Å². The lowest BCUT2D eigenvalue weighted by molar-refractivity contribution is 0.411. The lowest BCUT2D eigenvalue weighted by Crippen LogP contribution is -2.52. The fraction of sp³-hybridized carbons (Fsp3) is 0.111. The number of hydrogen-bond donors (Lipinski definition) is 3. The highest BCUT2D eigenvalue weighted by Crippen LogP contribution is 2.27. The van der Waals surface area contributed by atoms with Gasteiger partial charge < -0.3 is 11.1 Å². The molecule has 0 aliphatic carbocycles. The van der Waals surface area contributed by atoms with Gasteiger partial charge in [-0.3, -0.25) is 10.3 Å². The van der Waals surface area contributed by atoms with Gasteiger partial charge in [0.1, 0.15) is 17.5 Å². The fourth-order valence-electron chi connectivity index (χ4n) is 3.05. The number of para-hydroxylation sites is 2. The number of nitrogens with two attached hydrogens (primary N) is 2. The van der Waals surface area contributed by atoms with Crippen LogP contribution in [-0.2, 0) is 5.79 Å². The van der Waals surface area contributed by atoms with Crippen LogP contribution < -0.4 is 16.8 Å². The second-order valence-corrected chi connectivity index (χ2v) is 6.38. The minimum Gasteiger partial charge on any atom is -0.384 e. The van der Waals surface area contributed by atoms with Crippen molar-refractivity contribution >= 4 is 34.3 Å².